The number of piperidine rings is 1. The molecule has 0 saturated carbocycles. The predicted octanol–water partition coefficient (Wildman–Crippen LogP) is 1.16. The normalized spacial score (nSPS) is 16.2. The van der Waals surface area contributed by atoms with Crippen molar-refractivity contribution >= 4 is 17.5 Å². The number of hydrogen-bond acceptors (Lipinski definition) is 4. The second-order valence-corrected chi connectivity index (χ2v) is 4.63. The third-order valence-electron chi connectivity index (χ3n) is 3.38. The summed E-state index contributed by atoms with van der Waals surface area (Å²) in [6.45, 7) is 5.10. The van der Waals surface area contributed by atoms with Gasteiger partial charge in [-0.25, -0.2) is 0 Å². The zero-order chi connectivity index (χ0) is 13.7. The minimum absolute atomic E-state index is 0.0754. The van der Waals surface area contributed by atoms with E-state index >= 15 is 0 Å². The fourth-order valence-electron chi connectivity index (χ4n) is 2.26. The molecule has 5 nitrogen and oxygen atoms in total. The highest BCUT2D eigenvalue weighted by molar-refractivity contribution is 5.96. The summed E-state index contributed by atoms with van der Waals surface area (Å²) in [6.07, 6.45) is 5.15. The lowest BCUT2D eigenvalue weighted by Crippen LogP contribution is -2.42. The molecular formula is C14H18N3O2. The van der Waals surface area contributed by atoms with Gasteiger partial charge in [-0.2, -0.15) is 0 Å². The van der Waals surface area contributed by atoms with E-state index in [1.54, 1.807) is 12.4 Å². The molecule has 2 amide bonds. The van der Waals surface area contributed by atoms with E-state index in [4.69, 9.17) is 0 Å². The first-order chi connectivity index (χ1) is 9.20. The molecule has 2 rings (SSSR count). The van der Waals surface area contributed by atoms with E-state index in [0.29, 0.717) is 0 Å². The molecule has 0 bridgehead atoms. The summed E-state index contributed by atoms with van der Waals surface area (Å²) >= 11 is 0. The molecule has 2 heterocycles. The lowest BCUT2D eigenvalue weighted by atomic mass is 9.95. The average molecular weight is 260 g/mol. The molecule has 1 fully saturated rings. The Kier molecular flexibility index (Phi) is 4.49. The van der Waals surface area contributed by atoms with Crippen LogP contribution in [0, 0.1) is 12.8 Å². The molecule has 1 aliphatic heterocycles. The fraction of sp³-hybridized carbons (Fsp3) is 0.429. The van der Waals surface area contributed by atoms with E-state index in [9.17, 15) is 9.59 Å². The highest BCUT2D eigenvalue weighted by Gasteiger charge is 2.25. The first-order valence-corrected chi connectivity index (χ1v) is 6.48. The lowest BCUT2D eigenvalue weighted by molar-refractivity contribution is -0.132. The second-order valence-electron chi connectivity index (χ2n) is 4.63. The molecule has 1 aliphatic rings. The van der Waals surface area contributed by atoms with Crippen LogP contribution in [0.3, 0.4) is 0 Å². The summed E-state index contributed by atoms with van der Waals surface area (Å²) in [7, 11) is 0. The van der Waals surface area contributed by atoms with Gasteiger partial charge in [-0.1, -0.05) is 0 Å². The van der Waals surface area contributed by atoms with E-state index in [1.807, 2.05) is 12.1 Å². The van der Waals surface area contributed by atoms with Crippen LogP contribution in [-0.2, 0) is 9.59 Å². The highest BCUT2D eigenvalue weighted by Crippen LogP contribution is 2.22. The van der Waals surface area contributed by atoms with E-state index in [1.165, 1.54) is 0 Å². The van der Waals surface area contributed by atoms with Gasteiger partial charge in [0.2, 0.25) is 11.8 Å². The molecule has 0 atom stereocenters. The van der Waals surface area contributed by atoms with Crippen LogP contribution in [0.5, 0.6) is 0 Å². The Hall–Kier alpha value is -1.91. The van der Waals surface area contributed by atoms with Crippen molar-refractivity contribution in [1.82, 2.24) is 10.3 Å². The Morgan fingerprint density at radius 3 is 2.53 bits per heavy atom. The zero-order valence-corrected chi connectivity index (χ0v) is 10.8. The number of pyridine rings is 1. The van der Waals surface area contributed by atoms with Crippen molar-refractivity contribution in [3.8, 4) is 0 Å². The maximum atomic E-state index is 11.8. The smallest absolute Gasteiger partial charge is 0.229 e. The summed E-state index contributed by atoms with van der Waals surface area (Å²) in [5.41, 5.74) is 1.13. The predicted molar refractivity (Wildman–Crippen MR) is 72.3 cm³/mol. The number of nitrogens with one attached hydrogen (secondary N) is 1. The van der Waals surface area contributed by atoms with Gasteiger partial charge in [-0.3, -0.25) is 19.9 Å². The molecular weight excluding hydrogens is 242 g/mol. The molecule has 1 radical (unpaired) electrons. The molecule has 1 saturated heterocycles. The number of amides is 2. The standard InChI is InChI=1S/C14H18N3O2/c1-2-13(18)16-14(19)11-5-9-17(10-6-11)12-3-7-15-8-4-12/h3-4,7-8,11H,1-2,5-6,9-10H2,(H,16,18,19). The van der Waals surface area contributed by atoms with E-state index in [2.05, 4.69) is 22.1 Å². The monoisotopic (exact) mass is 260 g/mol. The van der Waals surface area contributed by atoms with Gasteiger partial charge in [0.15, 0.2) is 0 Å². The summed E-state index contributed by atoms with van der Waals surface area (Å²) in [5, 5.41) is 2.39. The van der Waals surface area contributed by atoms with Crippen LogP contribution in [0.4, 0.5) is 5.69 Å². The molecule has 0 aromatic carbocycles. The van der Waals surface area contributed by atoms with E-state index < -0.39 is 0 Å². The average Bonchev–Trinajstić information content (AvgIpc) is 2.48. The van der Waals surface area contributed by atoms with Gasteiger partial charge in [-0.15, -0.1) is 0 Å². The number of hydrogen-bond donors (Lipinski definition) is 1. The Labute approximate surface area is 113 Å². The summed E-state index contributed by atoms with van der Waals surface area (Å²) in [5.74, 6) is -0.543. The van der Waals surface area contributed by atoms with Gasteiger partial charge in [0.1, 0.15) is 0 Å². The minimum atomic E-state index is -0.304. The maximum Gasteiger partial charge on any atom is 0.229 e. The molecule has 1 aromatic rings. The molecule has 0 unspecified atom stereocenters. The van der Waals surface area contributed by atoms with Crippen molar-refractivity contribution < 1.29 is 9.59 Å². The molecule has 1 aromatic heterocycles. The van der Waals surface area contributed by atoms with Gasteiger partial charge in [0.25, 0.3) is 0 Å². The van der Waals surface area contributed by atoms with Gasteiger partial charge < -0.3 is 4.90 Å². The van der Waals surface area contributed by atoms with Crippen molar-refractivity contribution in [2.75, 3.05) is 18.0 Å². The third kappa shape index (κ3) is 3.53. The second kappa shape index (κ2) is 6.31. The number of imide groups is 1. The van der Waals surface area contributed by atoms with Gasteiger partial charge >= 0.3 is 0 Å². The van der Waals surface area contributed by atoms with Crippen LogP contribution in [0.1, 0.15) is 19.3 Å². The molecule has 1 N–H and O–H groups in total. The van der Waals surface area contributed by atoms with Crippen molar-refractivity contribution in [2.45, 2.75) is 19.3 Å². The molecule has 0 aliphatic carbocycles. The van der Waals surface area contributed by atoms with E-state index in [-0.39, 0.29) is 24.2 Å². The largest absolute Gasteiger partial charge is 0.371 e. The Morgan fingerprint density at radius 1 is 1.32 bits per heavy atom. The summed E-state index contributed by atoms with van der Waals surface area (Å²) < 4.78 is 0. The molecule has 19 heavy (non-hydrogen) atoms. The minimum Gasteiger partial charge on any atom is -0.371 e. The quantitative estimate of drug-likeness (QED) is 0.886. The number of carbonyl (C=O) groups is 2. The maximum absolute atomic E-state index is 11.8. The van der Waals surface area contributed by atoms with Crippen LogP contribution in [-0.4, -0.2) is 29.9 Å². The van der Waals surface area contributed by atoms with Crippen molar-refractivity contribution in [3.05, 3.63) is 31.5 Å². The van der Waals surface area contributed by atoms with Crippen LogP contribution in [0.2, 0.25) is 0 Å². The zero-order valence-electron chi connectivity index (χ0n) is 10.8. The Bertz CT molecular complexity index is 439. The fourth-order valence-corrected chi connectivity index (χ4v) is 2.26. The number of nitrogens with zero attached hydrogens (tertiary/aromatic N) is 2. The van der Waals surface area contributed by atoms with Crippen LogP contribution < -0.4 is 10.2 Å². The first-order valence-electron chi connectivity index (χ1n) is 6.48. The lowest BCUT2D eigenvalue weighted by Gasteiger charge is -2.32. The number of rotatable bonds is 3. The van der Waals surface area contributed by atoms with Crippen LogP contribution >= 0.6 is 0 Å². The Morgan fingerprint density at radius 2 is 1.95 bits per heavy atom. The number of carbonyl (C=O) groups excluding carboxylic acids is 2. The topological polar surface area (TPSA) is 62.3 Å². The van der Waals surface area contributed by atoms with Gasteiger partial charge in [0.05, 0.1) is 0 Å². The first kappa shape index (κ1) is 13.5. The van der Waals surface area contributed by atoms with E-state index in [0.717, 1.165) is 31.6 Å². The van der Waals surface area contributed by atoms with Crippen molar-refractivity contribution in [2.24, 2.45) is 5.92 Å². The highest BCUT2D eigenvalue weighted by atomic mass is 16.2. The third-order valence-corrected chi connectivity index (χ3v) is 3.38. The molecule has 5 heteroatoms. The molecule has 101 valence electrons. The SMILES string of the molecule is [CH2]CC(=O)NC(=O)C1CCN(c2ccncc2)CC1. The van der Waals surface area contributed by atoms with Gasteiger partial charge in [-0.05, 0) is 31.9 Å². The number of anilines is 1. The van der Waals surface area contributed by atoms with Crippen LogP contribution in [0.25, 0.3) is 0 Å². The Balaban J connectivity index is 1.86. The summed E-state index contributed by atoms with van der Waals surface area (Å²) in [6, 6.07) is 3.93. The summed E-state index contributed by atoms with van der Waals surface area (Å²) in [4.78, 5) is 29.2. The number of aromatic nitrogens is 1. The van der Waals surface area contributed by atoms with Crippen molar-refractivity contribution in [1.29, 1.82) is 0 Å². The van der Waals surface area contributed by atoms with Crippen molar-refractivity contribution in [3.63, 3.8) is 0 Å². The van der Waals surface area contributed by atoms with Gasteiger partial charge in [0, 0.05) is 43.5 Å². The van der Waals surface area contributed by atoms with Crippen LogP contribution in [0.15, 0.2) is 24.5 Å². The molecule has 0 spiro atoms.